The van der Waals surface area contributed by atoms with Gasteiger partial charge in [-0.3, -0.25) is 0 Å². The zero-order valence-corrected chi connectivity index (χ0v) is 10.3. The van der Waals surface area contributed by atoms with Gasteiger partial charge in [-0.05, 0) is 18.3 Å². The highest BCUT2D eigenvalue weighted by Crippen LogP contribution is 2.31. The summed E-state index contributed by atoms with van der Waals surface area (Å²) in [4.78, 5) is 11.0. The molecule has 0 radical (unpaired) electrons. The maximum atomic E-state index is 5.64. The molecule has 0 unspecified atom stereocenters. The van der Waals surface area contributed by atoms with E-state index in [0.717, 1.165) is 10.9 Å². The summed E-state index contributed by atoms with van der Waals surface area (Å²) in [5.74, 6) is 0.954. The summed E-state index contributed by atoms with van der Waals surface area (Å²) in [5, 5.41) is 3.18. The van der Waals surface area contributed by atoms with E-state index in [1.165, 1.54) is 4.70 Å². The molecule has 0 bridgehead atoms. The van der Waals surface area contributed by atoms with Gasteiger partial charge in [0, 0.05) is 21.0 Å². The second-order valence-corrected chi connectivity index (χ2v) is 4.79. The van der Waals surface area contributed by atoms with Gasteiger partial charge in [-0.15, -0.1) is 11.3 Å². The maximum absolute atomic E-state index is 5.64. The fourth-order valence-electron chi connectivity index (χ4n) is 1.69. The Morgan fingerprint density at radius 1 is 1.24 bits per heavy atom. The number of benzene rings is 1. The molecule has 4 nitrogen and oxygen atoms in total. The van der Waals surface area contributed by atoms with Crippen LogP contribution in [0.5, 0.6) is 0 Å². The van der Waals surface area contributed by atoms with Crippen molar-refractivity contribution < 1.29 is 0 Å². The normalized spacial score (nSPS) is 10.8. The van der Waals surface area contributed by atoms with Crippen molar-refractivity contribution >= 4 is 39.6 Å². The summed E-state index contributed by atoms with van der Waals surface area (Å²) in [7, 11) is 0. The molecule has 0 saturated heterocycles. The Morgan fingerprint density at radius 2 is 2.06 bits per heavy atom. The topological polar surface area (TPSA) is 67.6 Å². The minimum Gasteiger partial charge on any atom is -0.369 e. The first kappa shape index (κ1) is 10.4. The molecule has 0 aliphatic heterocycles. The molecule has 3 N–H and O–H groups in total. The van der Waals surface area contributed by atoms with Crippen molar-refractivity contribution in [1.29, 1.82) is 0 Å². The standard InChI is InChI=1S/C11H8N4S2/c12-10-13-9(14-11(16)15-10)7-5-17-8-4-2-1-3-6(7)8/h1-5H,(H3,12,13,14,15,16). The van der Waals surface area contributed by atoms with Gasteiger partial charge in [-0.2, -0.15) is 4.98 Å². The third-order valence-electron chi connectivity index (χ3n) is 2.41. The van der Waals surface area contributed by atoms with Crippen molar-refractivity contribution in [3.8, 4) is 11.4 Å². The van der Waals surface area contributed by atoms with E-state index >= 15 is 0 Å². The molecular weight excluding hydrogens is 252 g/mol. The highest BCUT2D eigenvalue weighted by molar-refractivity contribution is 7.71. The van der Waals surface area contributed by atoms with E-state index in [1.54, 1.807) is 11.3 Å². The van der Waals surface area contributed by atoms with E-state index in [9.17, 15) is 0 Å². The van der Waals surface area contributed by atoms with Crippen LogP contribution in [0.3, 0.4) is 0 Å². The number of nitrogens with zero attached hydrogens (tertiary/aromatic N) is 2. The summed E-state index contributed by atoms with van der Waals surface area (Å²) >= 11 is 6.63. The van der Waals surface area contributed by atoms with Crippen molar-refractivity contribution in [2.24, 2.45) is 0 Å². The van der Waals surface area contributed by atoms with Crippen LogP contribution in [0.15, 0.2) is 29.6 Å². The largest absolute Gasteiger partial charge is 0.369 e. The lowest BCUT2D eigenvalue weighted by Gasteiger charge is -2.00. The first-order valence-electron chi connectivity index (χ1n) is 4.94. The minimum absolute atomic E-state index is 0.256. The Morgan fingerprint density at radius 3 is 2.88 bits per heavy atom. The van der Waals surface area contributed by atoms with E-state index in [1.807, 2.05) is 17.5 Å². The number of nitrogens with one attached hydrogen (secondary N) is 1. The molecule has 0 aliphatic rings. The Labute approximate surface area is 106 Å². The zero-order valence-electron chi connectivity index (χ0n) is 8.68. The molecule has 1 aromatic carbocycles. The Kier molecular flexibility index (Phi) is 2.38. The highest BCUT2D eigenvalue weighted by atomic mass is 32.1. The summed E-state index contributed by atoms with van der Waals surface area (Å²) in [6, 6.07) is 8.13. The molecule has 6 heteroatoms. The van der Waals surface area contributed by atoms with Crippen LogP contribution in [0.1, 0.15) is 0 Å². The van der Waals surface area contributed by atoms with Crippen LogP contribution in [-0.2, 0) is 0 Å². The van der Waals surface area contributed by atoms with Crippen LogP contribution >= 0.6 is 23.6 Å². The molecule has 0 saturated carbocycles. The second-order valence-electron chi connectivity index (χ2n) is 3.51. The van der Waals surface area contributed by atoms with Crippen LogP contribution in [0.2, 0.25) is 0 Å². The van der Waals surface area contributed by atoms with Gasteiger partial charge < -0.3 is 10.7 Å². The predicted octanol–water partition coefficient (Wildman–Crippen LogP) is 3.00. The van der Waals surface area contributed by atoms with E-state index in [4.69, 9.17) is 18.0 Å². The molecule has 0 spiro atoms. The zero-order chi connectivity index (χ0) is 11.8. The number of thiophene rings is 1. The molecule has 0 aliphatic carbocycles. The average molecular weight is 260 g/mol. The number of nitrogen functional groups attached to an aromatic ring is 1. The third kappa shape index (κ3) is 1.81. The smallest absolute Gasteiger partial charge is 0.224 e. The first-order chi connectivity index (χ1) is 8.24. The number of fused-ring (bicyclic) bond motifs is 1. The summed E-state index contributed by atoms with van der Waals surface area (Å²) in [5.41, 5.74) is 6.65. The van der Waals surface area contributed by atoms with E-state index in [0.29, 0.717) is 5.82 Å². The summed E-state index contributed by atoms with van der Waals surface area (Å²) in [6.07, 6.45) is 0. The molecular formula is C11H8N4S2. The maximum Gasteiger partial charge on any atom is 0.224 e. The van der Waals surface area contributed by atoms with Crippen LogP contribution in [0.25, 0.3) is 21.5 Å². The molecule has 17 heavy (non-hydrogen) atoms. The molecule has 0 atom stereocenters. The molecule has 2 aromatic heterocycles. The van der Waals surface area contributed by atoms with Gasteiger partial charge in [-0.1, -0.05) is 18.2 Å². The molecule has 3 aromatic rings. The number of H-pyrrole nitrogens is 1. The van der Waals surface area contributed by atoms with Crippen molar-refractivity contribution in [3.05, 3.63) is 34.4 Å². The van der Waals surface area contributed by atoms with Gasteiger partial charge in [0.05, 0.1) is 0 Å². The number of aromatic amines is 1. The van der Waals surface area contributed by atoms with Gasteiger partial charge in [0.15, 0.2) is 0 Å². The second kappa shape index (κ2) is 3.90. The van der Waals surface area contributed by atoms with Gasteiger partial charge in [0.2, 0.25) is 10.7 Å². The number of anilines is 1. The van der Waals surface area contributed by atoms with Crippen LogP contribution in [-0.4, -0.2) is 15.0 Å². The van der Waals surface area contributed by atoms with Crippen molar-refractivity contribution in [1.82, 2.24) is 15.0 Å². The lowest BCUT2D eigenvalue weighted by molar-refractivity contribution is 1.05. The molecule has 2 heterocycles. The number of aromatic nitrogens is 3. The van der Waals surface area contributed by atoms with Crippen molar-refractivity contribution in [2.75, 3.05) is 5.73 Å². The van der Waals surface area contributed by atoms with Crippen molar-refractivity contribution in [2.45, 2.75) is 0 Å². The lowest BCUT2D eigenvalue weighted by Crippen LogP contribution is -1.99. The number of rotatable bonds is 1. The number of hydrogen-bond acceptors (Lipinski definition) is 5. The fourth-order valence-corrected chi connectivity index (χ4v) is 2.82. The summed E-state index contributed by atoms with van der Waals surface area (Å²) in [6.45, 7) is 0. The van der Waals surface area contributed by atoms with Gasteiger partial charge in [0.1, 0.15) is 5.82 Å². The number of nitrogens with two attached hydrogens (primary N) is 1. The fraction of sp³-hybridized carbons (Fsp3) is 0. The molecule has 3 rings (SSSR count). The Hall–Kier alpha value is -1.79. The van der Waals surface area contributed by atoms with E-state index in [2.05, 4.69) is 27.1 Å². The molecule has 84 valence electrons. The molecule has 0 amide bonds. The minimum atomic E-state index is 0.256. The first-order valence-corrected chi connectivity index (χ1v) is 6.23. The predicted molar refractivity (Wildman–Crippen MR) is 72.4 cm³/mol. The van der Waals surface area contributed by atoms with E-state index < -0.39 is 0 Å². The van der Waals surface area contributed by atoms with Crippen molar-refractivity contribution in [3.63, 3.8) is 0 Å². The van der Waals surface area contributed by atoms with Gasteiger partial charge in [0.25, 0.3) is 0 Å². The van der Waals surface area contributed by atoms with Crippen LogP contribution in [0.4, 0.5) is 5.95 Å². The van der Waals surface area contributed by atoms with Gasteiger partial charge in [-0.25, -0.2) is 4.98 Å². The van der Waals surface area contributed by atoms with Gasteiger partial charge >= 0.3 is 0 Å². The SMILES string of the molecule is Nc1nc(=S)nc(-c2csc3ccccc23)[nH]1. The summed E-state index contributed by atoms with van der Waals surface area (Å²) < 4.78 is 1.46. The monoisotopic (exact) mass is 260 g/mol. The molecule has 0 fully saturated rings. The van der Waals surface area contributed by atoms with Crippen LogP contribution in [0, 0.1) is 4.77 Å². The quantitative estimate of drug-likeness (QED) is 0.660. The van der Waals surface area contributed by atoms with E-state index in [-0.39, 0.29) is 10.7 Å². The number of hydrogen-bond donors (Lipinski definition) is 2. The van der Waals surface area contributed by atoms with Crippen LogP contribution < -0.4 is 5.73 Å². The Bertz CT molecular complexity index is 744. The average Bonchev–Trinajstić information content (AvgIpc) is 2.71. The lowest BCUT2D eigenvalue weighted by atomic mass is 10.2. The Balaban J connectivity index is 2.30. The highest BCUT2D eigenvalue weighted by Gasteiger charge is 2.08. The third-order valence-corrected chi connectivity index (χ3v) is 3.55.